The lowest BCUT2D eigenvalue weighted by Crippen LogP contribution is -2.36. The van der Waals surface area contributed by atoms with E-state index in [1.807, 2.05) is 18.2 Å². The zero-order valence-corrected chi connectivity index (χ0v) is 12.3. The average Bonchev–Trinajstić information content (AvgIpc) is 2.80. The van der Waals surface area contributed by atoms with Gasteiger partial charge in [-0.2, -0.15) is 5.10 Å². The number of nitrogens with zero attached hydrogens (tertiary/aromatic N) is 3. The normalized spacial score (nSPS) is 18.1. The van der Waals surface area contributed by atoms with Gasteiger partial charge in [-0.05, 0) is 25.1 Å². The van der Waals surface area contributed by atoms with E-state index in [2.05, 4.69) is 21.9 Å². The van der Waals surface area contributed by atoms with Crippen molar-refractivity contribution in [1.29, 1.82) is 0 Å². The lowest BCUT2D eigenvalue weighted by atomic mass is 9.98. The van der Waals surface area contributed by atoms with Crippen LogP contribution >= 0.6 is 0 Å². The Balaban J connectivity index is 2.00. The largest absolute Gasteiger partial charge is 0.357 e. The van der Waals surface area contributed by atoms with Gasteiger partial charge in [-0.15, -0.1) is 0 Å². The van der Waals surface area contributed by atoms with E-state index in [-0.39, 0.29) is 5.91 Å². The van der Waals surface area contributed by atoms with Gasteiger partial charge in [0.05, 0.1) is 11.3 Å². The lowest BCUT2D eigenvalue weighted by Gasteiger charge is -2.27. The van der Waals surface area contributed by atoms with Crippen LogP contribution < -0.4 is 0 Å². The Morgan fingerprint density at radius 2 is 2.19 bits per heavy atom. The summed E-state index contributed by atoms with van der Waals surface area (Å²) >= 11 is 0. The highest BCUT2D eigenvalue weighted by molar-refractivity contribution is 6.21. The molecule has 1 N–H and O–H groups in total. The predicted octanol–water partition coefficient (Wildman–Crippen LogP) is 2.18. The summed E-state index contributed by atoms with van der Waals surface area (Å²) in [5.41, 5.74) is 5.10. The third kappa shape index (κ3) is 1.74. The molecule has 2 aromatic rings. The molecule has 1 aromatic heterocycles. The van der Waals surface area contributed by atoms with E-state index in [9.17, 15) is 4.79 Å². The highest BCUT2D eigenvalue weighted by Gasteiger charge is 2.31. The summed E-state index contributed by atoms with van der Waals surface area (Å²) in [5.74, 6) is -0.0358. The number of aromatic amines is 1. The van der Waals surface area contributed by atoms with Crippen LogP contribution in [0.3, 0.4) is 0 Å². The maximum absolute atomic E-state index is 12.5. The van der Waals surface area contributed by atoms with E-state index in [1.165, 1.54) is 10.7 Å². The molecule has 0 saturated carbocycles. The lowest BCUT2D eigenvalue weighted by molar-refractivity contribution is 0.0801. The number of carbonyl (C=O) groups is 1. The van der Waals surface area contributed by atoms with Crippen molar-refractivity contribution in [3.8, 4) is 0 Å². The summed E-state index contributed by atoms with van der Waals surface area (Å²) in [4.78, 5) is 18.4. The van der Waals surface area contributed by atoms with Crippen molar-refractivity contribution in [3.05, 3.63) is 35.0 Å². The van der Waals surface area contributed by atoms with E-state index in [4.69, 9.17) is 0 Å². The Labute approximate surface area is 123 Å². The smallest absolute Gasteiger partial charge is 0.274 e. The number of H-pyrrole nitrogens is 1. The molecule has 0 fully saturated rings. The van der Waals surface area contributed by atoms with Gasteiger partial charge >= 0.3 is 0 Å². The average molecular weight is 282 g/mol. The summed E-state index contributed by atoms with van der Waals surface area (Å²) < 4.78 is 0. The molecular formula is C16H18N4O. The number of hydrazone groups is 1. The highest BCUT2D eigenvalue weighted by atomic mass is 16.2. The zero-order valence-electron chi connectivity index (χ0n) is 12.3. The Kier molecular flexibility index (Phi) is 2.65. The van der Waals surface area contributed by atoms with Gasteiger partial charge in [0.1, 0.15) is 0 Å². The molecule has 21 heavy (non-hydrogen) atoms. The van der Waals surface area contributed by atoms with Crippen molar-refractivity contribution >= 4 is 22.5 Å². The van der Waals surface area contributed by atoms with Gasteiger partial charge in [0.15, 0.2) is 0 Å². The molecule has 5 nitrogen and oxygen atoms in total. The third-order valence-electron chi connectivity index (χ3n) is 4.28. The molecule has 1 amide bonds. The highest BCUT2D eigenvalue weighted by Crippen LogP contribution is 2.33. The van der Waals surface area contributed by atoms with Crippen LogP contribution in [0.25, 0.3) is 10.9 Å². The van der Waals surface area contributed by atoms with E-state index >= 15 is 0 Å². The molecule has 4 rings (SSSR count). The van der Waals surface area contributed by atoms with Crippen molar-refractivity contribution in [2.75, 3.05) is 20.1 Å². The summed E-state index contributed by atoms with van der Waals surface area (Å²) in [6, 6.07) is 5.86. The topological polar surface area (TPSA) is 51.7 Å². The van der Waals surface area contributed by atoms with Crippen LogP contribution in [0, 0.1) is 0 Å². The van der Waals surface area contributed by atoms with E-state index < -0.39 is 0 Å². The molecule has 0 bridgehead atoms. The van der Waals surface area contributed by atoms with Crippen LogP contribution in [0.5, 0.6) is 0 Å². The Morgan fingerprint density at radius 1 is 1.33 bits per heavy atom. The Hall–Kier alpha value is -2.14. The van der Waals surface area contributed by atoms with Crippen LogP contribution in [-0.2, 0) is 6.54 Å². The van der Waals surface area contributed by atoms with Crippen LogP contribution in [0.4, 0.5) is 0 Å². The molecule has 1 aromatic carbocycles. The van der Waals surface area contributed by atoms with Crippen LogP contribution in [0.1, 0.15) is 35.0 Å². The Bertz CT molecular complexity index is 774. The standard InChI is InChI=1S/C16H18N4O/c1-3-7-20-8-12-15-13(9-20)18-19(2)16(21)10-5-4-6-11(17-12)14(10)15/h4-6,17H,3,7-9H2,1-2H3. The van der Waals surface area contributed by atoms with Crippen molar-refractivity contribution in [3.63, 3.8) is 0 Å². The van der Waals surface area contributed by atoms with Crippen molar-refractivity contribution < 1.29 is 4.79 Å². The van der Waals surface area contributed by atoms with Gasteiger partial charge in [0.25, 0.3) is 5.91 Å². The van der Waals surface area contributed by atoms with Crippen LogP contribution in [-0.4, -0.2) is 46.6 Å². The predicted molar refractivity (Wildman–Crippen MR) is 82.5 cm³/mol. The first-order chi connectivity index (χ1) is 10.2. The van der Waals surface area contributed by atoms with E-state index in [0.717, 1.165) is 53.8 Å². The fourth-order valence-corrected chi connectivity index (χ4v) is 3.44. The van der Waals surface area contributed by atoms with E-state index in [1.54, 1.807) is 7.05 Å². The summed E-state index contributed by atoms with van der Waals surface area (Å²) in [5, 5.41) is 7.09. The fourth-order valence-electron chi connectivity index (χ4n) is 3.44. The second-order valence-corrected chi connectivity index (χ2v) is 5.79. The summed E-state index contributed by atoms with van der Waals surface area (Å²) in [7, 11) is 1.74. The molecular weight excluding hydrogens is 264 g/mol. The van der Waals surface area contributed by atoms with Crippen molar-refractivity contribution in [2.24, 2.45) is 5.10 Å². The van der Waals surface area contributed by atoms with Gasteiger partial charge in [0.2, 0.25) is 0 Å². The first-order valence-electron chi connectivity index (χ1n) is 7.41. The van der Waals surface area contributed by atoms with Gasteiger partial charge in [-0.25, -0.2) is 5.01 Å². The number of nitrogens with one attached hydrogen (secondary N) is 1. The zero-order chi connectivity index (χ0) is 14.6. The van der Waals surface area contributed by atoms with Crippen molar-refractivity contribution in [1.82, 2.24) is 14.9 Å². The number of hydrogen-bond acceptors (Lipinski definition) is 3. The molecule has 3 heterocycles. The molecule has 0 aliphatic carbocycles. The first kappa shape index (κ1) is 12.6. The quantitative estimate of drug-likeness (QED) is 0.918. The maximum atomic E-state index is 12.5. The fraction of sp³-hybridized carbons (Fsp3) is 0.375. The summed E-state index contributed by atoms with van der Waals surface area (Å²) in [6.45, 7) is 4.93. The second-order valence-electron chi connectivity index (χ2n) is 5.79. The molecule has 108 valence electrons. The number of benzene rings is 1. The molecule has 0 unspecified atom stereocenters. The number of rotatable bonds is 2. The van der Waals surface area contributed by atoms with Crippen LogP contribution in [0.2, 0.25) is 0 Å². The Morgan fingerprint density at radius 3 is 3.00 bits per heavy atom. The minimum absolute atomic E-state index is 0.0358. The molecule has 0 saturated heterocycles. The summed E-state index contributed by atoms with van der Waals surface area (Å²) in [6.07, 6.45) is 1.11. The first-order valence-corrected chi connectivity index (χ1v) is 7.41. The molecule has 5 heteroatoms. The molecule has 0 spiro atoms. The van der Waals surface area contributed by atoms with Crippen LogP contribution in [0.15, 0.2) is 23.3 Å². The number of carbonyl (C=O) groups excluding carboxylic acids is 1. The van der Waals surface area contributed by atoms with Gasteiger partial charge < -0.3 is 4.98 Å². The third-order valence-corrected chi connectivity index (χ3v) is 4.28. The van der Waals surface area contributed by atoms with Gasteiger partial charge in [-0.3, -0.25) is 9.69 Å². The molecule has 0 radical (unpaired) electrons. The second kappa shape index (κ2) is 4.43. The number of hydrogen-bond donors (Lipinski definition) is 1. The maximum Gasteiger partial charge on any atom is 0.274 e. The van der Waals surface area contributed by atoms with Crippen molar-refractivity contribution in [2.45, 2.75) is 19.9 Å². The molecule has 2 aliphatic rings. The monoisotopic (exact) mass is 282 g/mol. The number of aromatic nitrogens is 1. The SMILES string of the molecule is CCCN1CC2=NN(C)C(=O)c3cccc4[nH]c(c2c34)C1. The minimum atomic E-state index is -0.0358. The molecule has 2 aliphatic heterocycles. The van der Waals surface area contributed by atoms with Gasteiger partial charge in [-0.1, -0.05) is 13.0 Å². The van der Waals surface area contributed by atoms with E-state index in [0.29, 0.717) is 0 Å². The number of amides is 1. The van der Waals surface area contributed by atoms with Gasteiger partial charge in [0, 0.05) is 42.3 Å². The molecule has 0 atom stereocenters. The minimum Gasteiger partial charge on any atom is -0.357 e.